The second kappa shape index (κ2) is 8.72. The highest BCUT2D eigenvalue weighted by Crippen LogP contribution is 2.23. The summed E-state index contributed by atoms with van der Waals surface area (Å²) in [6.07, 6.45) is 6.85. The molecule has 3 rings (SSSR count). The summed E-state index contributed by atoms with van der Waals surface area (Å²) in [7, 11) is 0. The Morgan fingerprint density at radius 3 is 2.56 bits per heavy atom. The fourth-order valence-electron chi connectivity index (χ4n) is 2.86. The van der Waals surface area contributed by atoms with Gasteiger partial charge in [-0.25, -0.2) is 4.98 Å². The van der Waals surface area contributed by atoms with Crippen LogP contribution in [0.2, 0.25) is 5.02 Å². The minimum atomic E-state index is -0.269. The molecule has 25 heavy (non-hydrogen) atoms. The van der Waals surface area contributed by atoms with E-state index in [1.54, 1.807) is 12.1 Å². The number of carbonyl (C=O) groups is 1. The quantitative estimate of drug-likeness (QED) is 0.872. The molecule has 1 amide bonds. The molecule has 1 aliphatic heterocycles. The molecule has 1 N–H and O–H groups in total. The van der Waals surface area contributed by atoms with Gasteiger partial charge in [0, 0.05) is 13.1 Å². The van der Waals surface area contributed by atoms with Crippen molar-refractivity contribution in [3.63, 3.8) is 0 Å². The Balaban J connectivity index is 1.52. The number of hydrogen-bond donors (Lipinski definition) is 1. The number of benzene rings is 1. The zero-order valence-electron chi connectivity index (χ0n) is 14.1. The number of amides is 1. The molecule has 0 unspecified atom stereocenters. The number of pyridine rings is 1. The van der Waals surface area contributed by atoms with Gasteiger partial charge < -0.3 is 15.0 Å². The first-order valence-corrected chi connectivity index (χ1v) is 8.98. The lowest BCUT2D eigenvalue weighted by Gasteiger charge is -2.22. The average molecular weight is 360 g/mol. The van der Waals surface area contributed by atoms with Crippen molar-refractivity contribution >= 4 is 29.0 Å². The van der Waals surface area contributed by atoms with Gasteiger partial charge in [0.1, 0.15) is 11.6 Å². The van der Waals surface area contributed by atoms with E-state index in [2.05, 4.69) is 15.2 Å². The van der Waals surface area contributed by atoms with Crippen molar-refractivity contribution in [1.29, 1.82) is 0 Å². The van der Waals surface area contributed by atoms with Crippen molar-refractivity contribution in [1.82, 2.24) is 4.98 Å². The lowest BCUT2D eigenvalue weighted by molar-refractivity contribution is -0.118. The maximum atomic E-state index is 12.0. The van der Waals surface area contributed by atoms with Crippen molar-refractivity contribution in [2.45, 2.75) is 25.7 Å². The van der Waals surface area contributed by atoms with E-state index in [4.69, 9.17) is 16.3 Å². The van der Waals surface area contributed by atoms with Crippen LogP contribution < -0.4 is 15.0 Å². The molecule has 1 aliphatic rings. The van der Waals surface area contributed by atoms with Gasteiger partial charge in [-0.1, -0.05) is 36.6 Å². The first-order chi connectivity index (χ1) is 12.2. The highest BCUT2D eigenvalue weighted by atomic mass is 35.5. The van der Waals surface area contributed by atoms with Crippen LogP contribution in [-0.2, 0) is 4.79 Å². The summed E-state index contributed by atoms with van der Waals surface area (Å²) in [5, 5.41) is 3.22. The Morgan fingerprint density at radius 2 is 1.88 bits per heavy atom. The van der Waals surface area contributed by atoms with Gasteiger partial charge in [0.25, 0.3) is 5.91 Å². The molecular weight excluding hydrogens is 338 g/mol. The van der Waals surface area contributed by atoms with Crippen LogP contribution in [0, 0.1) is 0 Å². The number of carbonyl (C=O) groups excluding carboxylic acids is 1. The molecule has 0 saturated carbocycles. The SMILES string of the molecule is O=C(COc1ccccc1Cl)Nc1ccc(N2CCCCCC2)cn1. The van der Waals surface area contributed by atoms with Crippen LogP contribution in [-0.4, -0.2) is 30.6 Å². The third kappa shape index (κ3) is 5.10. The van der Waals surface area contributed by atoms with Gasteiger partial charge in [-0.3, -0.25) is 4.79 Å². The number of aromatic nitrogens is 1. The van der Waals surface area contributed by atoms with E-state index in [9.17, 15) is 4.79 Å². The molecule has 6 heteroatoms. The Bertz CT molecular complexity index is 698. The van der Waals surface area contributed by atoms with Crippen LogP contribution >= 0.6 is 11.6 Å². The van der Waals surface area contributed by atoms with E-state index in [1.807, 2.05) is 30.5 Å². The second-order valence-electron chi connectivity index (χ2n) is 6.07. The summed E-state index contributed by atoms with van der Waals surface area (Å²) in [5.41, 5.74) is 1.10. The normalized spacial score (nSPS) is 14.7. The number of halogens is 1. The molecule has 0 aliphatic carbocycles. The van der Waals surface area contributed by atoms with Crippen LogP contribution in [0.15, 0.2) is 42.6 Å². The standard InChI is InChI=1S/C19H22ClN3O2/c20-16-7-3-4-8-17(16)25-14-19(24)22-18-10-9-15(13-21-18)23-11-5-1-2-6-12-23/h3-4,7-10,13H,1-2,5-6,11-12,14H2,(H,21,22,24). The zero-order chi connectivity index (χ0) is 17.5. The third-order valence-corrected chi connectivity index (χ3v) is 4.49. The highest BCUT2D eigenvalue weighted by molar-refractivity contribution is 6.32. The molecule has 1 saturated heterocycles. The molecule has 1 fully saturated rings. The molecule has 132 valence electrons. The summed E-state index contributed by atoms with van der Waals surface area (Å²) >= 11 is 6.00. The van der Waals surface area contributed by atoms with Gasteiger partial charge >= 0.3 is 0 Å². The fraction of sp³-hybridized carbons (Fsp3) is 0.368. The van der Waals surface area contributed by atoms with E-state index in [0.717, 1.165) is 18.8 Å². The predicted molar refractivity (Wildman–Crippen MR) is 100 cm³/mol. The van der Waals surface area contributed by atoms with Crippen LogP contribution in [0.25, 0.3) is 0 Å². The minimum absolute atomic E-state index is 0.112. The van der Waals surface area contributed by atoms with Crippen molar-refractivity contribution in [2.24, 2.45) is 0 Å². The third-order valence-electron chi connectivity index (χ3n) is 4.18. The van der Waals surface area contributed by atoms with Gasteiger partial charge in [0.2, 0.25) is 0 Å². The molecule has 1 aromatic heterocycles. The summed E-state index contributed by atoms with van der Waals surface area (Å²) in [5.74, 6) is 0.741. The molecule has 2 aromatic rings. The molecule has 0 radical (unpaired) electrons. The van der Waals surface area contributed by atoms with Crippen LogP contribution in [0.1, 0.15) is 25.7 Å². The van der Waals surface area contributed by atoms with Crippen molar-refractivity contribution in [2.75, 3.05) is 29.9 Å². The highest BCUT2D eigenvalue weighted by Gasteiger charge is 2.11. The number of hydrogen-bond acceptors (Lipinski definition) is 4. The number of nitrogens with zero attached hydrogens (tertiary/aromatic N) is 2. The zero-order valence-corrected chi connectivity index (χ0v) is 14.8. The molecule has 0 atom stereocenters. The van der Waals surface area contributed by atoms with Crippen molar-refractivity contribution < 1.29 is 9.53 Å². The molecule has 1 aromatic carbocycles. The largest absolute Gasteiger partial charge is 0.482 e. The number of ether oxygens (including phenoxy) is 1. The Hall–Kier alpha value is -2.27. The van der Waals surface area contributed by atoms with Gasteiger partial charge in [-0.2, -0.15) is 0 Å². The topological polar surface area (TPSA) is 54.5 Å². The Kier molecular flexibility index (Phi) is 6.12. The average Bonchev–Trinajstić information content (AvgIpc) is 2.91. The number of nitrogens with one attached hydrogen (secondary N) is 1. The Morgan fingerprint density at radius 1 is 1.12 bits per heavy atom. The van der Waals surface area contributed by atoms with Crippen LogP contribution in [0.4, 0.5) is 11.5 Å². The molecule has 2 heterocycles. The molecular formula is C19H22ClN3O2. The van der Waals surface area contributed by atoms with Crippen LogP contribution in [0.3, 0.4) is 0 Å². The van der Waals surface area contributed by atoms with E-state index in [0.29, 0.717) is 16.6 Å². The predicted octanol–water partition coefficient (Wildman–Crippen LogP) is 4.13. The van der Waals surface area contributed by atoms with E-state index in [-0.39, 0.29) is 12.5 Å². The van der Waals surface area contributed by atoms with Gasteiger partial charge in [0.05, 0.1) is 16.9 Å². The number of rotatable bonds is 5. The first-order valence-electron chi connectivity index (χ1n) is 8.60. The van der Waals surface area contributed by atoms with Gasteiger partial charge in [-0.15, -0.1) is 0 Å². The fourth-order valence-corrected chi connectivity index (χ4v) is 3.05. The smallest absolute Gasteiger partial charge is 0.263 e. The maximum absolute atomic E-state index is 12.0. The molecule has 0 spiro atoms. The monoisotopic (exact) mass is 359 g/mol. The van der Waals surface area contributed by atoms with E-state index >= 15 is 0 Å². The van der Waals surface area contributed by atoms with E-state index in [1.165, 1.54) is 25.7 Å². The molecule has 5 nitrogen and oxygen atoms in total. The summed E-state index contributed by atoms with van der Waals surface area (Å²) < 4.78 is 5.42. The lowest BCUT2D eigenvalue weighted by Crippen LogP contribution is -2.24. The second-order valence-corrected chi connectivity index (χ2v) is 6.48. The van der Waals surface area contributed by atoms with Crippen molar-refractivity contribution in [3.8, 4) is 5.75 Å². The van der Waals surface area contributed by atoms with E-state index < -0.39 is 0 Å². The summed E-state index contributed by atoms with van der Waals surface area (Å²) in [6.45, 7) is 2.03. The van der Waals surface area contributed by atoms with Crippen LogP contribution in [0.5, 0.6) is 5.75 Å². The molecule has 0 bridgehead atoms. The summed E-state index contributed by atoms with van der Waals surface area (Å²) in [4.78, 5) is 18.7. The number of anilines is 2. The maximum Gasteiger partial charge on any atom is 0.263 e. The van der Waals surface area contributed by atoms with Gasteiger partial charge in [0.15, 0.2) is 6.61 Å². The first kappa shape index (κ1) is 17.5. The number of para-hydroxylation sites is 1. The van der Waals surface area contributed by atoms with Gasteiger partial charge in [-0.05, 0) is 37.1 Å². The summed E-state index contributed by atoms with van der Waals surface area (Å²) in [6, 6.07) is 10.9. The van der Waals surface area contributed by atoms with Crippen molar-refractivity contribution in [3.05, 3.63) is 47.6 Å². The lowest BCUT2D eigenvalue weighted by atomic mass is 10.2. The minimum Gasteiger partial charge on any atom is -0.482 e. The Labute approximate surface area is 153 Å².